The highest BCUT2D eigenvalue weighted by Gasteiger charge is 2.22. The summed E-state index contributed by atoms with van der Waals surface area (Å²) in [6.45, 7) is 2.00. The zero-order valence-corrected chi connectivity index (χ0v) is 16.2. The van der Waals surface area contributed by atoms with Crippen molar-refractivity contribution in [3.8, 4) is 5.75 Å². The van der Waals surface area contributed by atoms with Gasteiger partial charge in [0.25, 0.3) is 0 Å². The molecule has 0 saturated heterocycles. The maximum Gasteiger partial charge on any atom is 0.191 e. The number of methoxy groups -OCH3 is 2. The maximum absolute atomic E-state index is 5.41. The van der Waals surface area contributed by atoms with Crippen molar-refractivity contribution in [2.75, 3.05) is 27.8 Å². The van der Waals surface area contributed by atoms with E-state index in [1.54, 1.807) is 21.3 Å². The summed E-state index contributed by atoms with van der Waals surface area (Å²) in [6, 6.07) is 8.35. The third kappa shape index (κ3) is 4.97. The summed E-state index contributed by atoms with van der Waals surface area (Å²) in [5, 5.41) is 11.4. The van der Waals surface area contributed by atoms with Crippen molar-refractivity contribution in [1.29, 1.82) is 0 Å². The van der Waals surface area contributed by atoms with Crippen LogP contribution < -0.4 is 15.4 Å². The molecule has 1 aromatic heterocycles. The van der Waals surface area contributed by atoms with Gasteiger partial charge in [-0.25, -0.2) is 9.67 Å². The van der Waals surface area contributed by atoms with Crippen molar-refractivity contribution >= 4 is 5.96 Å². The van der Waals surface area contributed by atoms with E-state index in [0.29, 0.717) is 6.61 Å². The quantitative estimate of drug-likeness (QED) is 0.560. The fourth-order valence-corrected chi connectivity index (χ4v) is 3.28. The molecule has 2 aromatic rings. The fourth-order valence-electron chi connectivity index (χ4n) is 3.28. The Balaban J connectivity index is 1.50. The Morgan fingerprint density at radius 3 is 2.96 bits per heavy atom. The molecule has 8 heteroatoms. The molecule has 8 nitrogen and oxygen atoms in total. The van der Waals surface area contributed by atoms with Gasteiger partial charge < -0.3 is 20.1 Å². The Kier molecular flexibility index (Phi) is 6.64. The first kappa shape index (κ1) is 19.2. The molecule has 0 saturated carbocycles. The lowest BCUT2D eigenvalue weighted by Gasteiger charge is -2.25. The molecule has 0 amide bonds. The Morgan fingerprint density at radius 1 is 1.33 bits per heavy atom. The number of aliphatic imine (C=N–C) groups is 1. The lowest BCUT2D eigenvalue weighted by atomic mass is 10.1. The number of para-hydroxylation sites is 1. The van der Waals surface area contributed by atoms with Crippen LogP contribution in [0.3, 0.4) is 0 Å². The molecule has 3 rings (SSSR count). The van der Waals surface area contributed by atoms with Crippen LogP contribution in [0, 0.1) is 0 Å². The molecule has 0 bridgehead atoms. The van der Waals surface area contributed by atoms with Crippen LogP contribution >= 0.6 is 0 Å². The summed E-state index contributed by atoms with van der Waals surface area (Å²) in [7, 11) is 5.15. The van der Waals surface area contributed by atoms with Crippen LogP contribution in [0.1, 0.15) is 23.6 Å². The van der Waals surface area contributed by atoms with E-state index in [9.17, 15) is 0 Å². The summed E-state index contributed by atoms with van der Waals surface area (Å²) in [4.78, 5) is 8.86. The van der Waals surface area contributed by atoms with E-state index in [2.05, 4.69) is 31.8 Å². The van der Waals surface area contributed by atoms with Crippen molar-refractivity contribution in [3.05, 3.63) is 41.5 Å². The third-order valence-corrected chi connectivity index (χ3v) is 4.62. The third-order valence-electron chi connectivity index (χ3n) is 4.62. The summed E-state index contributed by atoms with van der Waals surface area (Å²) < 4.78 is 12.5. The minimum atomic E-state index is 0.270. The molecule has 0 aliphatic carbocycles. The second-order valence-electron chi connectivity index (χ2n) is 6.50. The van der Waals surface area contributed by atoms with Crippen molar-refractivity contribution in [2.45, 2.75) is 38.5 Å². The minimum Gasteiger partial charge on any atom is -0.496 e. The van der Waals surface area contributed by atoms with Crippen LogP contribution in [-0.4, -0.2) is 54.6 Å². The number of guanidine groups is 1. The van der Waals surface area contributed by atoms with Gasteiger partial charge in [0, 0.05) is 33.2 Å². The average Bonchev–Trinajstić information content (AvgIpc) is 3.09. The highest BCUT2D eigenvalue weighted by molar-refractivity contribution is 5.80. The van der Waals surface area contributed by atoms with Crippen LogP contribution in [0.5, 0.6) is 5.75 Å². The molecule has 2 heterocycles. The normalized spacial score (nSPS) is 16.7. The second kappa shape index (κ2) is 9.36. The van der Waals surface area contributed by atoms with Gasteiger partial charge in [-0.05, 0) is 24.5 Å². The molecule has 2 N–H and O–H groups in total. The average molecular weight is 372 g/mol. The predicted molar refractivity (Wildman–Crippen MR) is 104 cm³/mol. The van der Waals surface area contributed by atoms with E-state index in [4.69, 9.17) is 9.47 Å². The number of benzene rings is 1. The number of nitrogens with zero attached hydrogens (tertiary/aromatic N) is 4. The van der Waals surface area contributed by atoms with Crippen LogP contribution in [0.15, 0.2) is 29.3 Å². The number of fused-ring (bicyclic) bond motifs is 1. The number of aryl methyl sites for hydroxylation is 1. The molecule has 1 atom stereocenters. The second-order valence-corrected chi connectivity index (χ2v) is 6.50. The number of hydrogen-bond acceptors (Lipinski definition) is 5. The van der Waals surface area contributed by atoms with E-state index in [1.165, 1.54) is 5.56 Å². The van der Waals surface area contributed by atoms with Gasteiger partial charge in [0.15, 0.2) is 11.8 Å². The smallest absolute Gasteiger partial charge is 0.191 e. The predicted octanol–water partition coefficient (Wildman–Crippen LogP) is 1.16. The van der Waals surface area contributed by atoms with Gasteiger partial charge in [-0.2, -0.15) is 5.10 Å². The standard InChI is InChI=1S/C19H28N6O2/c1-20-19(21-11-10-14-6-4-5-7-16(14)27-3)22-15-8-9-18-23-17(13-26-2)24-25(18)12-15/h4-7,15H,8-13H2,1-3H3,(H2,20,21,22). The van der Waals surface area contributed by atoms with E-state index >= 15 is 0 Å². The van der Waals surface area contributed by atoms with Gasteiger partial charge in [0.05, 0.1) is 13.7 Å². The molecular formula is C19H28N6O2. The van der Waals surface area contributed by atoms with Crippen molar-refractivity contribution in [3.63, 3.8) is 0 Å². The summed E-state index contributed by atoms with van der Waals surface area (Å²) in [5.41, 5.74) is 1.18. The first-order valence-electron chi connectivity index (χ1n) is 9.24. The summed E-state index contributed by atoms with van der Waals surface area (Å²) in [6.07, 6.45) is 2.76. The van der Waals surface area contributed by atoms with E-state index in [-0.39, 0.29) is 6.04 Å². The SMILES string of the molecule is CN=C(NCCc1ccccc1OC)NC1CCc2nc(COC)nn2C1. The Labute approximate surface area is 160 Å². The highest BCUT2D eigenvalue weighted by Crippen LogP contribution is 2.17. The molecule has 1 aliphatic rings. The van der Waals surface area contributed by atoms with Gasteiger partial charge in [-0.1, -0.05) is 18.2 Å². The molecule has 0 spiro atoms. The largest absolute Gasteiger partial charge is 0.496 e. The molecule has 27 heavy (non-hydrogen) atoms. The number of rotatable bonds is 7. The Morgan fingerprint density at radius 2 is 2.19 bits per heavy atom. The lowest BCUT2D eigenvalue weighted by molar-refractivity contribution is 0.177. The van der Waals surface area contributed by atoms with Crippen molar-refractivity contribution in [1.82, 2.24) is 25.4 Å². The van der Waals surface area contributed by atoms with Gasteiger partial charge >= 0.3 is 0 Å². The monoisotopic (exact) mass is 372 g/mol. The number of nitrogens with one attached hydrogen (secondary N) is 2. The molecule has 0 fully saturated rings. The van der Waals surface area contributed by atoms with Crippen LogP contribution in [-0.2, 0) is 30.7 Å². The molecule has 1 aromatic carbocycles. The summed E-state index contributed by atoms with van der Waals surface area (Å²) in [5.74, 6) is 3.49. The van der Waals surface area contributed by atoms with E-state index in [1.807, 2.05) is 22.9 Å². The van der Waals surface area contributed by atoms with Crippen LogP contribution in [0.25, 0.3) is 0 Å². The van der Waals surface area contributed by atoms with Gasteiger partial charge in [0.1, 0.15) is 18.2 Å². The molecule has 1 aliphatic heterocycles. The highest BCUT2D eigenvalue weighted by atomic mass is 16.5. The van der Waals surface area contributed by atoms with Crippen molar-refractivity contribution < 1.29 is 9.47 Å². The minimum absolute atomic E-state index is 0.270. The molecule has 1 unspecified atom stereocenters. The van der Waals surface area contributed by atoms with Gasteiger partial charge in [-0.3, -0.25) is 4.99 Å². The zero-order chi connectivity index (χ0) is 19.1. The van der Waals surface area contributed by atoms with Crippen LogP contribution in [0.4, 0.5) is 0 Å². The maximum atomic E-state index is 5.41. The number of aromatic nitrogens is 3. The van der Waals surface area contributed by atoms with Gasteiger partial charge in [-0.15, -0.1) is 0 Å². The first-order valence-corrected chi connectivity index (χ1v) is 9.24. The molecule has 146 valence electrons. The van der Waals surface area contributed by atoms with Crippen LogP contribution in [0.2, 0.25) is 0 Å². The topological polar surface area (TPSA) is 85.6 Å². The van der Waals surface area contributed by atoms with Gasteiger partial charge in [0.2, 0.25) is 0 Å². The molecule has 0 radical (unpaired) electrons. The fraction of sp³-hybridized carbons (Fsp3) is 0.526. The number of ether oxygens (including phenoxy) is 2. The molecular weight excluding hydrogens is 344 g/mol. The Bertz CT molecular complexity index is 773. The van der Waals surface area contributed by atoms with E-state index < -0.39 is 0 Å². The van der Waals surface area contributed by atoms with Crippen molar-refractivity contribution in [2.24, 2.45) is 4.99 Å². The summed E-state index contributed by atoms with van der Waals surface area (Å²) >= 11 is 0. The zero-order valence-electron chi connectivity index (χ0n) is 16.2. The van der Waals surface area contributed by atoms with E-state index in [0.717, 1.165) is 55.7 Å². The lowest BCUT2D eigenvalue weighted by Crippen LogP contribution is -2.47. The Hall–Kier alpha value is -2.61. The first-order chi connectivity index (χ1) is 13.2. The number of hydrogen-bond donors (Lipinski definition) is 2.